The topological polar surface area (TPSA) is 75.4 Å². The molecule has 0 saturated carbocycles. The van der Waals surface area contributed by atoms with Crippen LogP contribution in [0.2, 0.25) is 5.02 Å². The van der Waals surface area contributed by atoms with E-state index < -0.39 is 0 Å². The van der Waals surface area contributed by atoms with Crippen LogP contribution in [-0.2, 0) is 9.59 Å². The molecule has 2 amide bonds. The van der Waals surface area contributed by atoms with Crippen LogP contribution in [-0.4, -0.2) is 36.3 Å². The maximum absolute atomic E-state index is 12.5. The van der Waals surface area contributed by atoms with Crippen molar-refractivity contribution in [1.82, 2.24) is 10.2 Å². The summed E-state index contributed by atoms with van der Waals surface area (Å²) in [5.41, 5.74) is 6.89. The Kier molecular flexibility index (Phi) is 10.8. The van der Waals surface area contributed by atoms with Gasteiger partial charge in [0.25, 0.3) is 0 Å². The highest BCUT2D eigenvalue weighted by atomic mass is 35.5. The lowest BCUT2D eigenvalue weighted by Crippen LogP contribution is -2.37. The standard InChI is InChI=1S/C18H28ClN3O2.ClH/c1-12(2)16(20)9-10-22(4)18(24)11-17(21-13(3)23)14-5-7-15(19)8-6-14;/h5-8,12,16-17H,9-11,20H2,1-4H3,(H,21,23);1H. The molecule has 25 heavy (non-hydrogen) atoms. The minimum atomic E-state index is -0.367. The van der Waals surface area contributed by atoms with Gasteiger partial charge >= 0.3 is 0 Å². The molecule has 0 fully saturated rings. The Morgan fingerprint density at radius 2 is 1.80 bits per heavy atom. The first-order chi connectivity index (χ1) is 11.2. The van der Waals surface area contributed by atoms with Gasteiger partial charge in [-0.2, -0.15) is 0 Å². The van der Waals surface area contributed by atoms with Crippen molar-refractivity contribution in [2.24, 2.45) is 11.7 Å². The zero-order valence-electron chi connectivity index (χ0n) is 15.3. The molecule has 0 radical (unpaired) electrons. The molecule has 2 atom stereocenters. The Balaban J connectivity index is 0.00000576. The van der Waals surface area contributed by atoms with Gasteiger partial charge in [0.2, 0.25) is 11.8 Å². The van der Waals surface area contributed by atoms with Crippen molar-refractivity contribution in [1.29, 1.82) is 0 Å². The predicted molar refractivity (Wildman–Crippen MR) is 105 cm³/mol. The third-order valence-corrected chi connectivity index (χ3v) is 4.36. The second-order valence-corrected chi connectivity index (χ2v) is 6.96. The normalized spacial score (nSPS) is 12.9. The minimum Gasteiger partial charge on any atom is -0.349 e. The number of hydrogen-bond donors (Lipinski definition) is 2. The molecule has 2 unspecified atom stereocenters. The summed E-state index contributed by atoms with van der Waals surface area (Å²) in [5.74, 6) is 0.182. The van der Waals surface area contributed by atoms with Crippen molar-refractivity contribution >= 4 is 35.8 Å². The third kappa shape index (κ3) is 8.56. The summed E-state index contributed by atoms with van der Waals surface area (Å²) < 4.78 is 0. The molecule has 0 saturated heterocycles. The molecular weight excluding hydrogens is 361 g/mol. The highest BCUT2D eigenvalue weighted by Gasteiger charge is 2.20. The van der Waals surface area contributed by atoms with Crippen molar-refractivity contribution in [3.05, 3.63) is 34.9 Å². The number of carbonyl (C=O) groups is 2. The number of benzene rings is 1. The Bertz CT molecular complexity index is 550. The van der Waals surface area contributed by atoms with E-state index in [0.29, 0.717) is 17.5 Å². The van der Waals surface area contributed by atoms with Gasteiger partial charge in [0.1, 0.15) is 0 Å². The van der Waals surface area contributed by atoms with E-state index in [0.717, 1.165) is 12.0 Å². The molecule has 5 nitrogen and oxygen atoms in total. The number of amides is 2. The largest absolute Gasteiger partial charge is 0.349 e. The van der Waals surface area contributed by atoms with Gasteiger partial charge in [0.05, 0.1) is 12.5 Å². The molecule has 1 aromatic rings. The molecule has 142 valence electrons. The van der Waals surface area contributed by atoms with Crippen LogP contribution in [0.25, 0.3) is 0 Å². The number of halogens is 2. The number of nitrogens with zero attached hydrogens (tertiary/aromatic N) is 1. The van der Waals surface area contributed by atoms with Gasteiger partial charge in [0, 0.05) is 31.6 Å². The monoisotopic (exact) mass is 389 g/mol. The van der Waals surface area contributed by atoms with Gasteiger partial charge in [-0.05, 0) is 30.0 Å². The Morgan fingerprint density at radius 3 is 2.28 bits per heavy atom. The summed E-state index contributed by atoms with van der Waals surface area (Å²) in [6, 6.07) is 6.86. The Labute approximate surface area is 161 Å². The summed E-state index contributed by atoms with van der Waals surface area (Å²) in [4.78, 5) is 25.6. The van der Waals surface area contributed by atoms with Crippen LogP contribution in [0, 0.1) is 5.92 Å². The maximum atomic E-state index is 12.5. The fourth-order valence-corrected chi connectivity index (χ4v) is 2.45. The van der Waals surface area contributed by atoms with E-state index in [1.54, 1.807) is 24.1 Å². The minimum absolute atomic E-state index is 0. The molecule has 7 heteroatoms. The lowest BCUT2D eigenvalue weighted by atomic mass is 10.0. The Morgan fingerprint density at radius 1 is 1.24 bits per heavy atom. The fourth-order valence-electron chi connectivity index (χ4n) is 2.32. The first kappa shape index (κ1) is 23.7. The zero-order chi connectivity index (χ0) is 18.3. The van der Waals surface area contributed by atoms with Crippen LogP contribution in [0.4, 0.5) is 0 Å². The smallest absolute Gasteiger partial charge is 0.224 e. The van der Waals surface area contributed by atoms with Crippen LogP contribution >= 0.6 is 24.0 Å². The van der Waals surface area contributed by atoms with Crippen LogP contribution < -0.4 is 11.1 Å². The summed E-state index contributed by atoms with van der Waals surface area (Å²) in [7, 11) is 1.77. The Hall–Kier alpha value is -1.30. The summed E-state index contributed by atoms with van der Waals surface area (Å²) in [5, 5.41) is 3.45. The van der Waals surface area contributed by atoms with E-state index in [9.17, 15) is 9.59 Å². The van der Waals surface area contributed by atoms with Crippen molar-refractivity contribution < 1.29 is 9.59 Å². The van der Waals surface area contributed by atoms with Crippen molar-refractivity contribution in [3.8, 4) is 0 Å². The maximum Gasteiger partial charge on any atom is 0.224 e. The average molecular weight is 390 g/mol. The zero-order valence-corrected chi connectivity index (χ0v) is 16.9. The van der Waals surface area contributed by atoms with Gasteiger partial charge in [-0.1, -0.05) is 37.6 Å². The molecule has 0 bridgehead atoms. The number of nitrogens with one attached hydrogen (secondary N) is 1. The molecule has 0 spiro atoms. The molecule has 0 heterocycles. The highest BCUT2D eigenvalue weighted by Crippen LogP contribution is 2.20. The van der Waals surface area contributed by atoms with Crippen molar-refractivity contribution in [2.75, 3.05) is 13.6 Å². The second kappa shape index (κ2) is 11.3. The van der Waals surface area contributed by atoms with E-state index in [4.69, 9.17) is 17.3 Å². The van der Waals surface area contributed by atoms with Gasteiger partial charge in [-0.15, -0.1) is 12.4 Å². The van der Waals surface area contributed by atoms with Gasteiger partial charge in [0.15, 0.2) is 0 Å². The molecule has 3 N–H and O–H groups in total. The second-order valence-electron chi connectivity index (χ2n) is 6.52. The van der Waals surface area contributed by atoms with E-state index in [1.165, 1.54) is 6.92 Å². The van der Waals surface area contributed by atoms with E-state index >= 15 is 0 Å². The average Bonchev–Trinajstić information content (AvgIpc) is 2.51. The molecule has 0 aliphatic carbocycles. The van der Waals surface area contributed by atoms with E-state index in [1.807, 2.05) is 12.1 Å². The van der Waals surface area contributed by atoms with Gasteiger partial charge in [-0.25, -0.2) is 0 Å². The quantitative estimate of drug-likeness (QED) is 0.716. The molecule has 1 rings (SSSR count). The highest BCUT2D eigenvalue weighted by molar-refractivity contribution is 6.30. The van der Waals surface area contributed by atoms with Crippen LogP contribution in [0.15, 0.2) is 24.3 Å². The van der Waals surface area contributed by atoms with E-state index in [2.05, 4.69) is 19.2 Å². The molecule has 0 aliphatic heterocycles. The van der Waals surface area contributed by atoms with E-state index in [-0.39, 0.29) is 42.7 Å². The predicted octanol–water partition coefficient (Wildman–Crippen LogP) is 3.16. The van der Waals surface area contributed by atoms with Crippen molar-refractivity contribution in [3.63, 3.8) is 0 Å². The lowest BCUT2D eigenvalue weighted by Gasteiger charge is -2.24. The van der Waals surface area contributed by atoms with Crippen LogP contribution in [0.3, 0.4) is 0 Å². The third-order valence-electron chi connectivity index (χ3n) is 4.11. The fraction of sp³-hybridized carbons (Fsp3) is 0.556. The summed E-state index contributed by atoms with van der Waals surface area (Å²) in [6.45, 7) is 6.18. The van der Waals surface area contributed by atoms with Gasteiger partial charge < -0.3 is 16.0 Å². The molecular formula is C18H29Cl2N3O2. The van der Waals surface area contributed by atoms with Crippen LogP contribution in [0.5, 0.6) is 0 Å². The first-order valence-electron chi connectivity index (χ1n) is 8.22. The number of rotatable bonds is 8. The summed E-state index contributed by atoms with van der Waals surface area (Å²) >= 11 is 5.90. The number of nitrogens with two attached hydrogens (primary N) is 1. The first-order valence-corrected chi connectivity index (χ1v) is 8.60. The number of carbonyl (C=O) groups excluding carboxylic acids is 2. The molecule has 1 aromatic carbocycles. The number of hydrogen-bond acceptors (Lipinski definition) is 3. The molecule has 0 aromatic heterocycles. The van der Waals surface area contributed by atoms with Gasteiger partial charge in [-0.3, -0.25) is 9.59 Å². The van der Waals surface area contributed by atoms with Crippen LogP contribution in [0.1, 0.15) is 45.2 Å². The summed E-state index contributed by atoms with van der Waals surface area (Å²) in [6.07, 6.45) is 0.959. The van der Waals surface area contributed by atoms with Crippen molar-refractivity contribution in [2.45, 2.75) is 45.7 Å². The molecule has 0 aliphatic rings. The lowest BCUT2D eigenvalue weighted by molar-refractivity contribution is -0.130. The SMILES string of the molecule is CC(=O)NC(CC(=O)N(C)CCC(N)C(C)C)c1ccc(Cl)cc1.Cl.